The molecule has 0 rings (SSSR count). The van der Waals surface area contributed by atoms with Crippen molar-refractivity contribution in [2.24, 2.45) is 0 Å². The standard InChI is InChI=1S/C12H22O3S/c1-3-12(13)15-10-11(2)14-8-6-4-5-7-9-16/h3,11,16H,1,4-10H2,2H3. The number of hydrogen-bond donors (Lipinski definition) is 1. The number of esters is 1. The highest BCUT2D eigenvalue weighted by molar-refractivity contribution is 7.80. The van der Waals surface area contributed by atoms with Crippen molar-refractivity contribution in [1.82, 2.24) is 0 Å². The molecule has 1 unspecified atom stereocenters. The van der Waals surface area contributed by atoms with Crippen molar-refractivity contribution < 1.29 is 14.3 Å². The average Bonchev–Trinajstić information content (AvgIpc) is 2.30. The molecular weight excluding hydrogens is 224 g/mol. The Hall–Kier alpha value is -0.480. The van der Waals surface area contributed by atoms with Gasteiger partial charge in [0.1, 0.15) is 6.61 Å². The van der Waals surface area contributed by atoms with Crippen molar-refractivity contribution in [1.29, 1.82) is 0 Å². The minimum absolute atomic E-state index is 0.0474. The van der Waals surface area contributed by atoms with Crippen LogP contribution in [0, 0.1) is 0 Å². The van der Waals surface area contributed by atoms with Gasteiger partial charge in [-0.3, -0.25) is 0 Å². The molecule has 1 atom stereocenters. The molecule has 0 aliphatic heterocycles. The Labute approximate surface area is 104 Å². The third kappa shape index (κ3) is 10.1. The number of carbonyl (C=O) groups excluding carboxylic acids is 1. The lowest BCUT2D eigenvalue weighted by Gasteiger charge is -2.12. The van der Waals surface area contributed by atoms with Crippen LogP contribution >= 0.6 is 12.6 Å². The predicted octanol–water partition coefficient (Wildman–Crippen LogP) is 2.61. The fraction of sp³-hybridized carbons (Fsp3) is 0.750. The summed E-state index contributed by atoms with van der Waals surface area (Å²) >= 11 is 4.15. The Morgan fingerprint density at radius 1 is 1.38 bits per heavy atom. The first kappa shape index (κ1) is 15.5. The molecule has 3 nitrogen and oxygen atoms in total. The highest BCUT2D eigenvalue weighted by Gasteiger charge is 2.04. The van der Waals surface area contributed by atoms with Gasteiger partial charge in [-0.15, -0.1) is 0 Å². The van der Waals surface area contributed by atoms with E-state index >= 15 is 0 Å². The predicted molar refractivity (Wildman–Crippen MR) is 68.9 cm³/mol. The second-order valence-corrected chi connectivity index (χ2v) is 4.10. The summed E-state index contributed by atoms with van der Waals surface area (Å²) in [5, 5.41) is 0. The molecular formula is C12H22O3S. The van der Waals surface area contributed by atoms with Crippen LogP contribution in [-0.4, -0.2) is 31.0 Å². The summed E-state index contributed by atoms with van der Waals surface area (Å²) in [6.07, 6.45) is 5.69. The van der Waals surface area contributed by atoms with Gasteiger partial charge >= 0.3 is 5.97 Å². The summed E-state index contributed by atoms with van der Waals surface area (Å²) in [5.74, 6) is 0.554. The summed E-state index contributed by atoms with van der Waals surface area (Å²) in [7, 11) is 0. The van der Waals surface area contributed by atoms with Crippen LogP contribution in [0.15, 0.2) is 12.7 Å². The van der Waals surface area contributed by atoms with Crippen molar-refractivity contribution in [2.75, 3.05) is 19.0 Å². The van der Waals surface area contributed by atoms with E-state index in [0.717, 1.165) is 31.3 Å². The molecule has 0 bridgehead atoms. The Kier molecular flexibility index (Phi) is 10.7. The lowest BCUT2D eigenvalue weighted by molar-refractivity contribution is -0.141. The molecule has 0 aromatic carbocycles. The summed E-state index contributed by atoms with van der Waals surface area (Å²) in [5.41, 5.74) is 0. The van der Waals surface area contributed by atoms with Crippen LogP contribution in [-0.2, 0) is 14.3 Å². The van der Waals surface area contributed by atoms with E-state index in [-0.39, 0.29) is 6.10 Å². The minimum atomic E-state index is -0.399. The van der Waals surface area contributed by atoms with Crippen molar-refractivity contribution in [2.45, 2.75) is 38.7 Å². The van der Waals surface area contributed by atoms with Crippen LogP contribution in [0.2, 0.25) is 0 Å². The zero-order valence-corrected chi connectivity index (χ0v) is 10.9. The third-order valence-corrected chi connectivity index (χ3v) is 2.40. The number of unbranched alkanes of at least 4 members (excludes halogenated alkanes) is 3. The Balaban J connectivity index is 3.26. The summed E-state index contributed by atoms with van der Waals surface area (Å²) in [6.45, 7) is 6.23. The smallest absolute Gasteiger partial charge is 0.330 e. The van der Waals surface area contributed by atoms with E-state index in [2.05, 4.69) is 19.2 Å². The first-order chi connectivity index (χ1) is 7.70. The van der Waals surface area contributed by atoms with E-state index in [4.69, 9.17) is 9.47 Å². The number of rotatable bonds is 10. The normalized spacial score (nSPS) is 12.1. The highest BCUT2D eigenvalue weighted by atomic mass is 32.1. The largest absolute Gasteiger partial charge is 0.460 e. The fourth-order valence-corrected chi connectivity index (χ4v) is 1.38. The lowest BCUT2D eigenvalue weighted by Crippen LogP contribution is -2.18. The third-order valence-electron chi connectivity index (χ3n) is 2.08. The number of hydrogen-bond acceptors (Lipinski definition) is 4. The average molecular weight is 246 g/mol. The molecule has 94 valence electrons. The SMILES string of the molecule is C=CC(=O)OCC(C)OCCCCCCS. The molecule has 0 saturated heterocycles. The summed E-state index contributed by atoms with van der Waals surface area (Å²) in [6, 6.07) is 0. The maximum Gasteiger partial charge on any atom is 0.330 e. The molecule has 0 fully saturated rings. The van der Waals surface area contributed by atoms with Crippen molar-refractivity contribution in [3.8, 4) is 0 Å². The molecule has 0 heterocycles. The maximum absolute atomic E-state index is 10.8. The van der Waals surface area contributed by atoms with Gasteiger partial charge in [-0.2, -0.15) is 12.6 Å². The molecule has 0 aliphatic carbocycles. The van der Waals surface area contributed by atoms with Crippen LogP contribution in [0.3, 0.4) is 0 Å². The second kappa shape index (κ2) is 11.0. The van der Waals surface area contributed by atoms with E-state index in [1.165, 1.54) is 12.8 Å². The minimum Gasteiger partial charge on any atom is -0.460 e. The fourth-order valence-electron chi connectivity index (χ4n) is 1.16. The first-order valence-corrected chi connectivity index (χ1v) is 6.35. The summed E-state index contributed by atoms with van der Waals surface area (Å²) in [4.78, 5) is 10.8. The number of carbonyl (C=O) groups is 1. The number of thiol groups is 1. The molecule has 0 N–H and O–H groups in total. The van der Waals surface area contributed by atoms with Crippen LogP contribution in [0.25, 0.3) is 0 Å². The summed E-state index contributed by atoms with van der Waals surface area (Å²) < 4.78 is 10.3. The van der Waals surface area contributed by atoms with Gasteiger partial charge in [0.2, 0.25) is 0 Å². The zero-order valence-electron chi connectivity index (χ0n) is 9.98. The van der Waals surface area contributed by atoms with Gasteiger partial charge in [0.05, 0.1) is 6.10 Å². The molecule has 0 amide bonds. The van der Waals surface area contributed by atoms with Gasteiger partial charge < -0.3 is 9.47 Å². The van der Waals surface area contributed by atoms with Crippen LogP contribution in [0.4, 0.5) is 0 Å². The molecule has 0 spiro atoms. The van der Waals surface area contributed by atoms with Gasteiger partial charge in [-0.25, -0.2) is 4.79 Å². The van der Waals surface area contributed by atoms with E-state index in [0.29, 0.717) is 6.61 Å². The Bertz CT molecular complexity index is 195. The van der Waals surface area contributed by atoms with Crippen LogP contribution in [0.1, 0.15) is 32.6 Å². The van der Waals surface area contributed by atoms with E-state index in [1.54, 1.807) is 0 Å². The molecule has 0 aromatic heterocycles. The monoisotopic (exact) mass is 246 g/mol. The van der Waals surface area contributed by atoms with Gasteiger partial charge in [-0.05, 0) is 25.5 Å². The quantitative estimate of drug-likeness (QED) is 0.278. The number of ether oxygens (including phenoxy) is 2. The van der Waals surface area contributed by atoms with Gasteiger partial charge in [-0.1, -0.05) is 19.4 Å². The molecule has 0 saturated carbocycles. The van der Waals surface area contributed by atoms with Gasteiger partial charge in [0.25, 0.3) is 0 Å². The van der Waals surface area contributed by atoms with E-state index < -0.39 is 5.97 Å². The molecule has 16 heavy (non-hydrogen) atoms. The molecule has 0 aromatic rings. The van der Waals surface area contributed by atoms with E-state index in [1.807, 2.05) is 6.92 Å². The zero-order chi connectivity index (χ0) is 12.2. The second-order valence-electron chi connectivity index (χ2n) is 3.65. The van der Waals surface area contributed by atoms with E-state index in [9.17, 15) is 4.79 Å². The topological polar surface area (TPSA) is 35.5 Å². The lowest BCUT2D eigenvalue weighted by atomic mass is 10.2. The van der Waals surface area contributed by atoms with Crippen LogP contribution in [0.5, 0.6) is 0 Å². The molecule has 0 aliphatic rings. The Morgan fingerprint density at radius 2 is 2.06 bits per heavy atom. The van der Waals surface area contributed by atoms with Gasteiger partial charge in [0, 0.05) is 12.7 Å². The van der Waals surface area contributed by atoms with Crippen molar-refractivity contribution in [3.63, 3.8) is 0 Å². The van der Waals surface area contributed by atoms with Crippen molar-refractivity contribution >= 4 is 18.6 Å². The molecule has 0 radical (unpaired) electrons. The first-order valence-electron chi connectivity index (χ1n) is 5.72. The highest BCUT2D eigenvalue weighted by Crippen LogP contribution is 2.02. The Morgan fingerprint density at radius 3 is 2.69 bits per heavy atom. The van der Waals surface area contributed by atoms with Gasteiger partial charge in [0.15, 0.2) is 0 Å². The van der Waals surface area contributed by atoms with Crippen molar-refractivity contribution in [3.05, 3.63) is 12.7 Å². The maximum atomic E-state index is 10.8. The molecule has 4 heteroatoms. The van der Waals surface area contributed by atoms with Crippen LogP contribution < -0.4 is 0 Å².